The van der Waals surface area contributed by atoms with Crippen molar-refractivity contribution in [1.29, 1.82) is 0 Å². The number of phenols is 1. The molecule has 4 nitrogen and oxygen atoms in total. The second-order valence-electron chi connectivity index (χ2n) is 4.37. The molecule has 0 aromatic heterocycles. The molecule has 1 N–H and O–H groups in total. The number of hydrogen-bond acceptors (Lipinski definition) is 3. The zero-order chi connectivity index (χ0) is 14.4. The van der Waals surface area contributed by atoms with E-state index in [1.165, 1.54) is 18.2 Å². The average molecular weight is 277 g/mol. The van der Waals surface area contributed by atoms with Gasteiger partial charge in [0.05, 0.1) is 13.2 Å². The molecule has 1 amide bonds. The van der Waals surface area contributed by atoms with Crippen LogP contribution in [0.3, 0.4) is 0 Å². The predicted octanol–water partition coefficient (Wildman–Crippen LogP) is 1.96. The lowest BCUT2D eigenvalue weighted by atomic mass is 10.2. The van der Waals surface area contributed by atoms with Crippen molar-refractivity contribution in [3.8, 4) is 5.75 Å². The Bertz CT molecular complexity index is 534. The second kappa shape index (κ2) is 6.86. The van der Waals surface area contributed by atoms with Crippen LogP contribution in [0.4, 0.5) is 4.39 Å². The number of nitrogens with zero attached hydrogens (tertiary/aromatic N) is 1. The van der Waals surface area contributed by atoms with Gasteiger partial charge in [-0.15, -0.1) is 0 Å². The summed E-state index contributed by atoms with van der Waals surface area (Å²) in [5.74, 6) is -1.10. The summed E-state index contributed by atoms with van der Waals surface area (Å²) in [7, 11) is 0. The molecule has 1 aliphatic rings. The molecule has 2 rings (SSSR count). The van der Waals surface area contributed by atoms with Crippen LogP contribution in [0.5, 0.6) is 5.75 Å². The molecule has 0 saturated carbocycles. The van der Waals surface area contributed by atoms with Crippen molar-refractivity contribution >= 4 is 12.0 Å². The summed E-state index contributed by atoms with van der Waals surface area (Å²) in [5, 5.41) is 9.06. The minimum Gasteiger partial charge on any atom is -0.505 e. The van der Waals surface area contributed by atoms with Crippen molar-refractivity contribution in [3.05, 3.63) is 47.8 Å². The van der Waals surface area contributed by atoms with Gasteiger partial charge in [0, 0.05) is 19.2 Å². The van der Waals surface area contributed by atoms with Crippen molar-refractivity contribution in [2.24, 2.45) is 0 Å². The van der Waals surface area contributed by atoms with Gasteiger partial charge in [0.25, 0.3) is 0 Å². The Kier molecular flexibility index (Phi) is 4.90. The van der Waals surface area contributed by atoms with Gasteiger partial charge in [-0.2, -0.15) is 0 Å². The molecule has 1 fully saturated rings. The van der Waals surface area contributed by atoms with Crippen molar-refractivity contribution in [2.45, 2.75) is 0 Å². The number of ether oxygens (including phenoxy) is 1. The van der Waals surface area contributed by atoms with E-state index in [0.717, 1.165) is 0 Å². The molecule has 5 heteroatoms. The van der Waals surface area contributed by atoms with E-state index in [9.17, 15) is 9.18 Å². The van der Waals surface area contributed by atoms with Gasteiger partial charge < -0.3 is 14.7 Å². The number of amides is 1. The highest BCUT2D eigenvalue weighted by atomic mass is 19.1. The number of halogens is 1. The number of carbonyl (C=O) groups excluding carboxylic acids is 1. The second-order valence-corrected chi connectivity index (χ2v) is 4.37. The van der Waals surface area contributed by atoms with Crippen LogP contribution in [0, 0.1) is 5.82 Å². The SMILES string of the molecule is O=C(/C=C/C=C/c1ccc(O)c(F)c1)N1CCOCC1. The quantitative estimate of drug-likeness (QED) is 0.678. The van der Waals surface area contributed by atoms with Crippen LogP contribution in [0.15, 0.2) is 36.4 Å². The first kappa shape index (κ1) is 14.3. The minimum atomic E-state index is -0.666. The van der Waals surface area contributed by atoms with Gasteiger partial charge in [0.15, 0.2) is 11.6 Å². The lowest BCUT2D eigenvalue weighted by Crippen LogP contribution is -2.39. The van der Waals surface area contributed by atoms with Gasteiger partial charge >= 0.3 is 0 Å². The number of phenolic OH excluding ortho intramolecular Hbond substituents is 1. The standard InChI is InChI=1S/C15H16FNO3/c16-13-11-12(5-6-14(13)18)3-1-2-4-15(19)17-7-9-20-10-8-17/h1-6,11,18H,7-10H2/b3-1+,4-2+. The molecule has 0 aliphatic carbocycles. The highest BCUT2D eigenvalue weighted by molar-refractivity contribution is 5.88. The smallest absolute Gasteiger partial charge is 0.246 e. The number of aromatic hydroxyl groups is 1. The van der Waals surface area contributed by atoms with Crippen molar-refractivity contribution in [1.82, 2.24) is 4.90 Å². The van der Waals surface area contributed by atoms with E-state index in [-0.39, 0.29) is 11.7 Å². The molecule has 0 bridgehead atoms. The van der Waals surface area contributed by atoms with Gasteiger partial charge in [0.2, 0.25) is 5.91 Å². The topological polar surface area (TPSA) is 49.8 Å². The molecule has 20 heavy (non-hydrogen) atoms. The molecule has 1 saturated heterocycles. The van der Waals surface area contributed by atoms with Gasteiger partial charge in [-0.25, -0.2) is 4.39 Å². The van der Waals surface area contributed by atoms with E-state index in [1.807, 2.05) is 0 Å². The highest BCUT2D eigenvalue weighted by Gasteiger charge is 2.13. The number of rotatable bonds is 3. The van der Waals surface area contributed by atoms with Gasteiger partial charge in [-0.1, -0.05) is 24.3 Å². The molecule has 0 atom stereocenters. The van der Waals surface area contributed by atoms with Crippen LogP contribution in [0.2, 0.25) is 0 Å². The number of morpholine rings is 1. The average Bonchev–Trinajstić information content (AvgIpc) is 2.48. The zero-order valence-corrected chi connectivity index (χ0v) is 11.0. The Morgan fingerprint density at radius 3 is 2.75 bits per heavy atom. The molecule has 1 aromatic carbocycles. The third-order valence-corrected chi connectivity index (χ3v) is 2.93. The van der Waals surface area contributed by atoms with Crippen LogP contribution in [0.1, 0.15) is 5.56 Å². The Morgan fingerprint density at radius 1 is 1.30 bits per heavy atom. The zero-order valence-electron chi connectivity index (χ0n) is 11.0. The summed E-state index contributed by atoms with van der Waals surface area (Å²) in [6.45, 7) is 2.36. The normalized spacial score (nSPS) is 16.1. The fourth-order valence-electron chi connectivity index (χ4n) is 1.82. The molecule has 0 spiro atoms. The fourth-order valence-corrected chi connectivity index (χ4v) is 1.82. The third-order valence-electron chi connectivity index (χ3n) is 2.93. The Balaban J connectivity index is 1.89. The lowest BCUT2D eigenvalue weighted by Gasteiger charge is -2.25. The van der Waals surface area contributed by atoms with Crippen LogP contribution >= 0.6 is 0 Å². The van der Waals surface area contributed by atoms with E-state index in [0.29, 0.717) is 31.9 Å². The molecule has 106 valence electrons. The molecule has 1 aliphatic heterocycles. The Hall–Kier alpha value is -2.14. The van der Waals surface area contributed by atoms with Crippen LogP contribution in [0.25, 0.3) is 6.08 Å². The largest absolute Gasteiger partial charge is 0.505 e. The number of allylic oxidation sites excluding steroid dienone is 2. The summed E-state index contributed by atoms with van der Waals surface area (Å²) in [6, 6.07) is 4.10. The summed E-state index contributed by atoms with van der Waals surface area (Å²) in [4.78, 5) is 13.5. The first-order valence-electron chi connectivity index (χ1n) is 6.37. The first-order chi connectivity index (χ1) is 9.66. The molecular formula is C15H16FNO3. The van der Waals surface area contributed by atoms with Crippen LogP contribution < -0.4 is 0 Å². The molecule has 0 radical (unpaired) electrons. The third kappa shape index (κ3) is 3.93. The Morgan fingerprint density at radius 2 is 2.05 bits per heavy atom. The predicted molar refractivity (Wildman–Crippen MR) is 73.6 cm³/mol. The van der Waals surface area contributed by atoms with Crippen LogP contribution in [-0.4, -0.2) is 42.2 Å². The highest BCUT2D eigenvalue weighted by Crippen LogP contribution is 2.16. The summed E-state index contributed by atoms with van der Waals surface area (Å²) >= 11 is 0. The minimum absolute atomic E-state index is 0.0603. The molecule has 1 heterocycles. The van der Waals surface area contributed by atoms with E-state index < -0.39 is 5.82 Å². The maximum absolute atomic E-state index is 13.1. The molecule has 1 aromatic rings. The number of carbonyl (C=O) groups is 1. The molecule has 0 unspecified atom stereocenters. The summed E-state index contributed by atoms with van der Waals surface area (Å²) < 4.78 is 18.3. The van der Waals surface area contributed by atoms with E-state index >= 15 is 0 Å². The molecular weight excluding hydrogens is 261 g/mol. The maximum Gasteiger partial charge on any atom is 0.246 e. The summed E-state index contributed by atoms with van der Waals surface area (Å²) in [5.41, 5.74) is 0.615. The number of hydrogen-bond donors (Lipinski definition) is 1. The van der Waals surface area contributed by atoms with Gasteiger partial charge in [-0.05, 0) is 17.7 Å². The van der Waals surface area contributed by atoms with Crippen molar-refractivity contribution < 1.29 is 19.0 Å². The van der Waals surface area contributed by atoms with Crippen molar-refractivity contribution in [3.63, 3.8) is 0 Å². The van der Waals surface area contributed by atoms with E-state index in [1.54, 1.807) is 29.2 Å². The summed E-state index contributed by atoms with van der Waals surface area (Å²) in [6.07, 6.45) is 6.40. The van der Waals surface area contributed by atoms with E-state index in [4.69, 9.17) is 9.84 Å². The Labute approximate surface area is 116 Å². The van der Waals surface area contributed by atoms with Crippen LogP contribution in [-0.2, 0) is 9.53 Å². The lowest BCUT2D eigenvalue weighted by molar-refractivity contribution is -0.129. The van der Waals surface area contributed by atoms with Gasteiger partial charge in [0.1, 0.15) is 0 Å². The first-order valence-corrected chi connectivity index (χ1v) is 6.37. The fraction of sp³-hybridized carbons (Fsp3) is 0.267. The number of benzene rings is 1. The van der Waals surface area contributed by atoms with Gasteiger partial charge in [-0.3, -0.25) is 4.79 Å². The van der Waals surface area contributed by atoms with E-state index in [2.05, 4.69) is 0 Å². The monoisotopic (exact) mass is 277 g/mol. The maximum atomic E-state index is 13.1. The van der Waals surface area contributed by atoms with Crippen molar-refractivity contribution in [2.75, 3.05) is 26.3 Å².